The van der Waals surface area contributed by atoms with Gasteiger partial charge in [0.2, 0.25) is 11.8 Å². The van der Waals surface area contributed by atoms with E-state index in [1.54, 1.807) is 34.9 Å². The number of nitrogens with zero attached hydrogens (tertiary/aromatic N) is 1. The zero-order valence-electron chi connectivity index (χ0n) is 17.7. The first kappa shape index (κ1) is 25.9. The van der Waals surface area contributed by atoms with E-state index in [1.807, 2.05) is 38.1 Å². The van der Waals surface area contributed by atoms with Crippen molar-refractivity contribution < 1.29 is 9.59 Å². The van der Waals surface area contributed by atoms with Crippen molar-refractivity contribution >= 4 is 58.4 Å². The van der Waals surface area contributed by atoms with Crippen molar-refractivity contribution in [2.75, 3.05) is 12.3 Å². The van der Waals surface area contributed by atoms with Gasteiger partial charge in [-0.25, -0.2) is 0 Å². The zero-order chi connectivity index (χ0) is 22.8. The lowest BCUT2D eigenvalue weighted by Crippen LogP contribution is -2.49. The van der Waals surface area contributed by atoms with Gasteiger partial charge in [-0.2, -0.15) is 0 Å². The van der Waals surface area contributed by atoms with Crippen molar-refractivity contribution in [1.29, 1.82) is 0 Å². The maximum absolute atomic E-state index is 13.2. The van der Waals surface area contributed by atoms with Crippen LogP contribution in [0.15, 0.2) is 47.4 Å². The fourth-order valence-corrected chi connectivity index (χ4v) is 4.48. The molecule has 0 fully saturated rings. The number of hydrogen-bond donors (Lipinski definition) is 1. The van der Waals surface area contributed by atoms with Crippen LogP contribution in [0.1, 0.15) is 38.7 Å². The number of nitrogens with one attached hydrogen (secondary N) is 1. The Bertz CT molecular complexity index is 878. The Morgan fingerprint density at radius 3 is 2.32 bits per heavy atom. The van der Waals surface area contributed by atoms with Gasteiger partial charge in [-0.05, 0) is 54.8 Å². The molecule has 0 saturated carbocycles. The third kappa shape index (κ3) is 8.23. The third-order valence-electron chi connectivity index (χ3n) is 4.69. The predicted octanol–water partition coefficient (Wildman–Crippen LogP) is 6.46. The van der Waals surface area contributed by atoms with Gasteiger partial charge >= 0.3 is 0 Å². The monoisotopic (exact) mass is 500 g/mol. The number of hydrogen-bond acceptors (Lipinski definition) is 3. The first-order valence-corrected chi connectivity index (χ1v) is 12.4. The number of amides is 2. The predicted molar refractivity (Wildman–Crippen MR) is 131 cm³/mol. The molecule has 0 aliphatic heterocycles. The van der Waals surface area contributed by atoms with E-state index >= 15 is 0 Å². The summed E-state index contributed by atoms with van der Waals surface area (Å²) in [5, 5.41) is 4.59. The molecule has 0 unspecified atom stereocenters. The molecule has 168 valence electrons. The SMILES string of the molecule is CCCNC(=O)[C@H](CC)N(Cc1ccc(Cl)cc1Cl)C(=O)CCSc1ccc(Cl)cc1. The minimum atomic E-state index is -0.564. The van der Waals surface area contributed by atoms with Crippen LogP contribution in [0.4, 0.5) is 0 Å². The number of rotatable bonds is 11. The maximum atomic E-state index is 13.2. The molecule has 2 aromatic rings. The van der Waals surface area contributed by atoms with E-state index in [2.05, 4.69) is 5.32 Å². The summed E-state index contributed by atoms with van der Waals surface area (Å²) >= 11 is 19.9. The molecule has 0 radical (unpaired) electrons. The molecule has 0 aliphatic carbocycles. The Hall–Kier alpha value is -1.40. The quantitative estimate of drug-likeness (QED) is 0.359. The van der Waals surface area contributed by atoms with Gasteiger partial charge in [-0.1, -0.05) is 54.7 Å². The molecule has 0 saturated heterocycles. The van der Waals surface area contributed by atoms with Crippen molar-refractivity contribution in [2.45, 2.75) is 50.6 Å². The standard InChI is InChI=1S/C23H27Cl3N2O2S/c1-3-12-27-23(30)21(4-2)28(15-16-5-6-18(25)14-20(16)26)22(29)11-13-31-19-9-7-17(24)8-10-19/h5-10,14,21H,3-4,11-13,15H2,1-2H3,(H,27,30)/t21-/m0/s1. The fraction of sp³-hybridized carbons (Fsp3) is 0.391. The molecule has 1 N–H and O–H groups in total. The molecule has 2 rings (SSSR count). The summed E-state index contributed by atoms with van der Waals surface area (Å²) in [6, 6.07) is 12.1. The normalized spacial score (nSPS) is 11.8. The average molecular weight is 502 g/mol. The van der Waals surface area contributed by atoms with Gasteiger partial charge in [0.1, 0.15) is 6.04 Å². The number of benzene rings is 2. The first-order chi connectivity index (χ1) is 14.8. The van der Waals surface area contributed by atoms with Crippen LogP contribution in [0.25, 0.3) is 0 Å². The topological polar surface area (TPSA) is 49.4 Å². The van der Waals surface area contributed by atoms with Gasteiger partial charge in [0, 0.05) is 45.2 Å². The van der Waals surface area contributed by atoms with Gasteiger partial charge in [-0.15, -0.1) is 11.8 Å². The molecule has 4 nitrogen and oxygen atoms in total. The van der Waals surface area contributed by atoms with Gasteiger partial charge in [0.15, 0.2) is 0 Å². The lowest BCUT2D eigenvalue weighted by molar-refractivity contribution is -0.141. The first-order valence-electron chi connectivity index (χ1n) is 10.2. The van der Waals surface area contributed by atoms with E-state index in [9.17, 15) is 9.59 Å². The van der Waals surface area contributed by atoms with Crippen LogP contribution >= 0.6 is 46.6 Å². The minimum Gasteiger partial charge on any atom is -0.354 e. The van der Waals surface area contributed by atoms with Crippen LogP contribution in [-0.2, 0) is 16.1 Å². The van der Waals surface area contributed by atoms with Gasteiger partial charge in [0.25, 0.3) is 0 Å². The number of carbonyl (C=O) groups is 2. The Kier molecular flexibility index (Phi) is 11.0. The van der Waals surface area contributed by atoms with Crippen LogP contribution in [0.3, 0.4) is 0 Å². The highest BCUT2D eigenvalue weighted by Crippen LogP contribution is 2.25. The lowest BCUT2D eigenvalue weighted by Gasteiger charge is -2.31. The van der Waals surface area contributed by atoms with E-state index in [0.29, 0.717) is 40.2 Å². The van der Waals surface area contributed by atoms with E-state index in [4.69, 9.17) is 34.8 Å². The van der Waals surface area contributed by atoms with Crippen LogP contribution in [0, 0.1) is 0 Å². The molecular formula is C23H27Cl3N2O2S. The van der Waals surface area contributed by atoms with Gasteiger partial charge in [-0.3, -0.25) is 9.59 Å². The van der Waals surface area contributed by atoms with E-state index in [0.717, 1.165) is 16.9 Å². The fourth-order valence-electron chi connectivity index (χ4n) is 3.05. The minimum absolute atomic E-state index is 0.0917. The second-order valence-corrected chi connectivity index (χ2v) is 9.47. The molecule has 2 aromatic carbocycles. The summed E-state index contributed by atoms with van der Waals surface area (Å²) in [4.78, 5) is 28.6. The maximum Gasteiger partial charge on any atom is 0.242 e. The lowest BCUT2D eigenvalue weighted by atomic mass is 10.1. The summed E-state index contributed by atoms with van der Waals surface area (Å²) in [5.74, 6) is 0.359. The highest BCUT2D eigenvalue weighted by Gasteiger charge is 2.28. The van der Waals surface area contributed by atoms with E-state index in [1.165, 1.54) is 0 Å². The third-order valence-corrected chi connectivity index (χ3v) is 6.54. The molecular weight excluding hydrogens is 475 g/mol. The molecule has 1 atom stereocenters. The zero-order valence-corrected chi connectivity index (χ0v) is 20.8. The second kappa shape index (κ2) is 13.2. The van der Waals surface area contributed by atoms with Crippen molar-refractivity contribution in [1.82, 2.24) is 10.2 Å². The highest BCUT2D eigenvalue weighted by molar-refractivity contribution is 7.99. The molecule has 0 aliphatic rings. The van der Waals surface area contributed by atoms with Crippen LogP contribution in [-0.4, -0.2) is 35.1 Å². The Balaban J connectivity index is 2.14. The van der Waals surface area contributed by atoms with E-state index in [-0.39, 0.29) is 18.4 Å². The van der Waals surface area contributed by atoms with E-state index < -0.39 is 6.04 Å². The van der Waals surface area contributed by atoms with Gasteiger partial charge in [0.05, 0.1) is 0 Å². The van der Waals surface area contributed by atoms with Crippen molar-refractivity contribution in [3.63, 3.8) is 0 Å². The summed E-state index contributed by atoms with van der Waals surface area (Å²) in [6.45, 7) is 4.72. The summed E-state index contributed by atoms with van der Waals surface area (Å²) in [6.07, 6.45) is 1.64. The molecule has 0 heterocycles. The van der Waals surface area contributed by atoms with Crippen LogP contribution < -0.4 is 5.32 Å². The summed E-state index contributed by atoms with van der Waals surface area (Å²) in [5.41, 5.74) is 0.756. The largest absolute Gasteiger partial charge is 0.354 e. The molecule has 0 bridgehead atoms. The molecule has 31 heavy (non-hydrogen) atoms. The average Bonchev–Trinajstić information content (AvgIpc) is 2.74. The van der Waals surface area contributed by atoms with Crippen molar-refractivity contribution in [3.05, 3.63) is 63.1 Å². The molecule has 0 spiro atoms. The van der Waals surface area contributed by atoms with Crippen LogP contribution in [0.2, 0.25) is 15.1 Å². The Labute approximate surface area is 203 Å². The number of halogens is 3. The van der Waals surface area contributed by atoms with Crippen LogP contribution in [0.5, 0.6) is 0 Å². The number of carbonyl (C=O) groups excluding carboxylic acids is 2. The Morgan fingerprint density at radius 2 is 1.71 bits per heavy atom. The highest BCUT2D eigenvalue weighted by atomic mass is 35.5. The van der Waals surface area contributed by atoms with Crippen molar-refractivity contribution in [3.8, 4) is 0 Å². The van der Waals surface area contributed by atoms with Gasteiger partial charge < -0.3 is 10.2 Å². The smallest absolute Gasteiger partial charge is 0.242 e. The molecule has 8 heteroatoms. The molecule has 0 aromatic heterocycles. The molecule has 2 amide bonds. The summed E-state index contributed by atoms with van der Waals surface area (Å²) < 4.78 is 0. The summed E-state index contributed by atoms with van der Waals surface area (Å²) in [7, 11) is 0. The Morgan fingerprint density at radius 1 is 1.03 bits per heavy atom. The second-order valence-electron chi connectivity index (χ2n) is 7.02. The van der Waals surface area contributed by atoms with Crippen molar-refractivity contribution in [2.24, 2.45) is 0 Å². The number of thioether (sulfide) groups is 1.